The molecule has 1 aliphatic rings. The Morgan fingerprint density at radius 3 is 2.65 bits per heavy atom. The molecule has 1 fully saturated rings. The van der Waals surface area contributed by atoms with Crippen LogP contribution in [0.5, 0.6) is 6.01 Å². The molecule has 1 aliphatic carbocycles. The minimum atomic E-state index is 0.279. The lowest BCUT2D eigenvalue weighted by molar-refractivity contribution is 0.312. The highest BCUT2D eigenvalue weighted by Crippen LogP contribution is 2.37. The molecule has 1 heterocycles. The molecule has 0 amide bonds. The number of nitrogens with one attached hydrogen (secondary N) is 2. The van der Waals surface area contributed by atoms with Gasteiger partial charge in [0.25, 0.3) is 0 Å². The molecule has 2 rings (SSSR count). The normalized spacial score (nSPS) is 22.1. The van der Waals surface area contributed by atoms with E-state index in [-0.39, 0.29) is 6.01 Å². The van der Waals surface area contributed by atoms with Gasteiger partial charge in [0.05, 0.1) is 6.61 Å². The zero-order valence-electron chi connectivity index (χ0n) is 10.1. The molecule has 94 valence electrons. The maximum atomic E-state index is 5.29. The number of hydrogen-bond donors (Lipinski definition) is 3. The third-order valence-corrected chi connectivity index (χ3v) is 2.82. The molecule has 0 radical (unpaired) electrons. The van der Waals surface area contributed by atoms with Crippen molar-refractivity contribution in [3.8, 4) is 6.01 Å². The van der Waals surface area contributed by atoms with Crippen LogP contribution in [0.15, 0.2) is 0 Å². The summed E-state index contributed by atoms with van der Waals surface area (Å²) in [6, 6.07) is 0.279. The van der Waals surface area contributed by atoms with Crippen molar-refractivity contribution < 1.29 is 4.74 Å². The summed E-state index contributed by atoms with van der Waals surface area (Å²) in [7, 11) is 0. The molecular weight excluding hydrogens is 220 g/mol. The Morgan fingerprint density at radius 1 is 1.35 bits per heavy atom. The van der Waals surface area contributed by atoms with Crippen molar-refractivity contribution in [2.45, 2.75) is 20.3 Å². The molecule has 0 saturated heterocycles. The second kappa shape index (κ2) is 5.13. The summed E-state index contributed by atoms with van der Waals surface area (Å²) >= 11 is 0. The average molecular weight is 238 g/mol. The van der Waals surface area contributed by atoms with Gasteiger partial charge in [-0.05, 0) is 25.2 Å². The van der Waals surface area contributed by atoms with E-state index < -0.39 is 0 Å². The van der Waals surface area contributed by atoms with Gasteiger partial charge in [0.2, 0.25) is 11.9 Å². The number of nitrogens with two attached hydrogens (primary N) is 1. The molecule has 1 aromatic rings. The summed E-state index contributed by atoms with van der Waals surface area (Å²) < 4.78 is 5.23. The standard InChI is InChI=1S/C10H18N6O/c1-3-17-10-14-8(13-9(15-10)16-11)12-5-7-4-6(7)2/h6-7H,3-5,11H2,1-2H3,(H2,12,13,14,15,16). The monoisotopic (exact) mass is 238 g/mol. The Balaban J connectivity index is 2.00. The third-order valence-electron chi connectivity index (χ3n) is 2.82. The van der Waals surface area contributed by atoms with Crippen LogP contribution in [0.4, 0.5) is 11.9 Å². The molecule has 2 unspecified atom stereocenters. The fourth-order valence-electron chi connectivity index (χ4n) is 1.60. The molecule has 2 atom stereocenters. The predicted octanol–water partition coefficient (Wildman–Crippen LogP) is 0.624. The Labute approximate surface area is 100 Å². The SMILES string of the molecule is CCOc1nc(NN)nc(NCC2CC2C)n1. The quantitative estimate of drug-likeness (QED) is 0.493. The maximum Gasteiger partial charge on any atom is 0.323 e. The first-order chi connectivity index (χ1) is 8.22. The molecule has 0 aromatic carbocycles. The van der Waals surface area contributed by atoms with Crippen molar-refractivity contribution in [2.24, 2.45) is 17.7 Å². The van der Waals surface area contributed by atoms with E-state index in [2.05, 4.69) is 32.6 Å². The van der Waals surface area contributed by atoms with Crippen molar-refractivity contribution in [1.82, 2.24) is 15.0 Å². The van der Waals surface area contributed by atoms with Gasteiger partial charge in [0.1, 0.15) is 0 Å². The molecule has 17 heavy (non-hydrogen) atoms. The van der Waals surface area contributed by atoms with E-state index in [9.17, 15) is 0 Å². The Morgan fingerprint density at radius 2 is 2.06 bits per heavy atom. The van der Waals surface area contributed by atoms with Gasteiger partial charge in [-0.15, -0.1) is 0 Å². The molecule has 7 nitrogen and oxygen atoms in total. The fraction of sp³-hybridized carbons (Fsp3) is 0.700. The molecule has 1 aromatic heterocycles. The Hall–Kier alpha value is -1.63. The van der Waals surface area contributed by atoms with Crippen molar-refractivity contribution in [2.75, 3.05) is 23.9 Å². The summed E-state index contributed by atoms with van der Waals surface area (Å²) in [5.41, 5.74) is 2.40. The summed E-state index contributed by atoms with van der Waals surface area (Å²) in [6.45, 7) is 5.49. The molecule has 1 saturated carbocycles. The molecular formula is C10H18N6O. The summed E-state index contributed by atoms with van der Waals surface area (Å²) in [5, 5.41) is 3.17. The fourth-order valence-corrected chi connectivity index (χ4v) is 1.60. The number of rotatable bonds is 6. The van der Waals surface area contributed by atoms with E-state index in [1.807, 2.05) is 6.92 Å². The zero-order valence-corrected chi connectivity index (χ0v) is 10.1. The number of anilines is 2. The number of ether oxygens (including phenoxy) is 1. The Kier molecular flexibility index (Phi) is 3.58. The van der Waals surface area contributed by atoms with Gasteiger partial charge in [-0.3, -0.25) is 5.43 Å². The second-order valence-corrected chi connectivity index (χ2v) is 4.20. The second-order valence-electron chi connectivity index (χ2n) is 4.20. The molecule has 0 aliphatic heterocycles. The lowest BCUT2D eigenvalue weighted by Gasteiger charge is -2.08. The molecule has 0 bridgehead atoms. The molecule has 4 N–H and O–H groups in total. The van der Waals surface area contributed by atoms with E-state index in [4.69, 9.17) is 10.6 Å². The van der Waals surface area contributed by atoms with Gasteiger partial charge in [-0.2, -0.15) is 15.0 Å². The lowest BCUT2D eigenvalue weighted by atomic mass is 10.3. The minimum Gasteiger partial charge on any atom is -0.464 e. The largest absolute Gasteiger partial charge is 0.464 e. The van der Waals surface area contributed by atoms with Crippen LogP contribution in [0.3, 0.4) is 0 Å². The van der Waals surface area contributed by atoms with Gasteiger partial charge in [-0.25, -0.2) is 5.84 Å². The van der Waals surface area contributed by atoms with Gasteiger partial charge < -0.3 is 10.1 Å². The van der Waals surface area contributed by atoms with Crippen LogP contribution in [-0.4, -0.2) is 28.1 Å². The predicted molar refractivity (Wildman–Crippen MR) is 64.6 cm³/mol. The first-order valence-corrected chi connectivity index (χ1v) is 5.82. The van der Waals surface area contributed by atoms with E-state index in [1.165, 1.54) is 6.42 Å². The minimum absolute atomic E-state index is 0.279. The van der Waals surface area contributed by atoms with Crippen LogP contribution in [0.25, 0.3) is 0 Å². The van der Waals surface area contributed by atoms with Crippen molar-refractivity contribution in [1.29, 1.82) is 0 Å². The van der Waals surface area contributed by atoms with Crippen LogP contribution in [0.1, 0.15) is 20.3 Å². The van der Waals surface area contributed by atoms with Crippen LogP contribution < -0.4 is 21.3 Å². The topological polar surface area (TPSA) is 98.0 Å². The average Bonchev–Trinajstić information content (AvgIpc) is 3.03. The first-order valence-electron chi connectivity index (χ1n) is 5.82. The van der Waals surface area contributed by atoms with Crippen LogP contribution in [0.2, 0.25) is 0 Å². The van der Waals surface area contributed by atoms with E-state index in [0.29, 0.717) is 18.5 Å². The van der Waals surface area contributed by atoms with E-state index >= 15 is 0 Å². The summed E-state index contributed by atoms with van der Waals surface area (Å²) in [6.07, 6.45) is 1.26. The van der Waals surface area contributed by atoms with Gasteiger partial charge in [0, 0.05) is 6.54 Å². The number of nitrogen functional groups attached to an aromatic ring is 1. The van der Waals surface area contributed by atoms with Crippen molar-refractivity contribution >= 4 is 11.9 Å². The van der Waals surface area contributed by atoms with E-state index in [1.54, 1.807) is 0 Å². The third kappa shape index (κ3) is 3.16. The number of hydrazine groups is 1. The van der Waals surface area contributed by atoms with Crippen molar-refractivity contribution in [3.63, 3.8) is 0 Å². The summed E-state index contributed by atoms with van der Waals surface area (Å²) in [5.74, 6) is 7.60. The summed E-state index contributed by atoms with van der Waals surface area (Å²) in [4.78, 5) is 12.2. The van der Waals surface area contributed by atoms with Crippen LogP contribution in [0, 0.1) is 11.8 Å². The highest BCUT2D eigenvalue weighted by Gasteiger charge is 2.32. The number of hydrogen-bond acceptors (Lipinski definition) is 7. The van der Waals surface area contributed by atoms with Crippen LogP contribution in [-0.2, 0) is 0 Å². The highest BCUT2D eigenvalue weighted by molar-refractivity contribution is 5.35. The smallest absolute Gasteiger partial charge is 0.323 e. The zero-order chi connectivity index (χ0) is 12.3. The maximum absolute atomic E-state index is 5.29. The van der Waals surface area contributed by atoms with Gasteiger partial charge in [0.15, 0.2) is 0 Å². The molecule has 0 spiro atoms. The lowest BCUT2D eigenvalue weighted by Crippen LogP contribution is -2.15. The van der Waals surface area contributed by atoms with Gasteiger partial charge in [-0.1, -0.05) is 6.92 Å². The number of aromatic nitrogens is 3. The van der Waals surface area contributed by atoms with Gasteiger partial charge >= 0.3 is 6.01 Å². The molecule has 7 heteroatoms. The first kappa shape index (κ1) is 11.8. The highest BCUT2D eigenvalue weighted by atomic mass is 16.5. The van der Waals surface area contributed by atoms with Crippen molar-refractivity contribution in [3.05, 3.63) is 0 Å². The van der Waals surface area contributed by atoms with E-state index in [0.717, 1.165) is 18.4 Å². The number of nitrogens with zero attached hydrogens (tertiary/aromatic N) is 3. The Bertz CT molecular complexity index is 385. The van der Waals surface area contributed by atoms with Crippen LogP contribution >= 0.6 is 0 Å².